The van der Waals surface area contributed by atoms with Crippen LogP contribution in [0.2, 0.25) is 0 Å². The normalized spacial score (nSPS) is 36.4. The molecule has 3 aliphatic carbocycles. The predicted octanol–water partition coefficient (Wildman–Crippen LogP) is 3.29. The Balaban J connectivity index is 1.91. The second-order valence-electron chi connectivity index (χ2n) is 6.78. The van der Waals surface area contributed by atoms with Crippen molar-refractivity contribution in [2.24, 2.45) is 11.8 Å². The zero-order valence-electron chi connectivity index (χ0n) is 11.8. The van der Waals surface area contributed by atoms with Crippen molar-refractivity contribution in [2.75, 3.05) is 13.1 Å². The molecule has 6 rings (SSSR count). The number of rotatable bonds is 0. The molecule has 0 unspecified atom stereocenters. The van der Waals surface area contributed by atoms with Gasteiger partial charge in [0.2, 0.25) is 0 Å². The van der Waals surface area contributed by atoms with Gasteiger partial charge in [-0.1, -0.05) is 55.5 Å². The van der Waals surface area contributed by atoms with Crippen molar-refractivity contribution in [3.63, 3.8) is 0 Å². The van der Waals surface area contributed by atoms with Gasteiger partial charge < -0.3 is 5.32 Å². The van der Waals surface area contributed by atoms with Gasteiger partial charge in [-0.05, 0) is 47.2 Å². The molecule has 1 N–H and O–H groups in total. The number of nitrogens with one attached hydrogen (secondary N) is 1. The average molecular weight is 261 g/mol. The number of benzene rings is 2. The van der Waals surface area contributed by atoms with E-state index in [-0.39, 0.29) is 5.41 Å². The molecule has 20 heavy (non-hydrogen) atoms. The minimum absolute atomic E-state index is 0.191. The highest BCUT2D eigenvalue weighted by Crippen LogP contribution is 2.61. The van der Waals surface area contributed by atoms with Crippen LogP contribution >= 0.6 is 0 Å². The highest BCUT2D eigenvalue weighted by Gasteiger charge is 2.57. The van der Waals surface area contributed by atoms with E-state index in [1.54, 1.807) is 22.3 Å². The van der Waals surface area contributed by atoms with Crippen LogP contribution in [-0.2, 0) is 5.41 Å². The summed E-state index contributed by atoms with van der Waals surface area (Å²) in [5.74, 6) is 2.12. The Hall–Kier alpha value is -1.60. The lowest BCUT2D eigenvalue weighted by Gasteiger charge is -2.54. The summed E-state index contributed by atoms with van der Waals surface area (Å²) in [6, 6.07) is 18.3. The largest absolute Gasteiger partial charge is 0.316 e. The standard InChI is InChI=1S/C19H19N/c1-19-15-8-4-2-6-12(15)18(14-10-20-11-17(14)19)13-7-3-5-9-16(13)19/h2-9,14,17-18,20H,10-11H2,1H3/t14-,17-,18?,19?/m0/s1. The summed E-state index contributed by atoms with van der Waals surface area (Å²) >= 11 is 0. The monoisotopic (exact) mass is 261 g/mol. The molecule has 1 heterocycles. The number of hydrogen-bond donors (Lipinski definition) is 1. The Bertz CT molecular complexity index is 655. The number of hydrogen-bond acceptors (Lipinski definition) is 1. The molecule has 1 heteroatoms. The smallest absolute Gasteiger partial charge is 0.0224 e. The lowest BCUT2D eigenvalue weighted by atomic mass is 9.48. The molecule has 0 radical (unpaired) electrons. The highest BCUT2D eigenvalue weighted by molar-refractivity contribution is 5.60. The zero-order valence-corrected chi connectivity index (χ0v) is 11.8. The van der Waals surface area contributed by atoms with E-state index in [0.717, 1.165) is 11.8 Å². The van der Waals surface area contributed by atoms with Gasteiger partial charge in [-0.2, -0.15) is 0 Å². The van der Waals surface area contributed by atoms with Crippen LogP contribution in [0.5, 0.6) is 0 Å². The van der Waals surface area contributed by atoms with Gasteiger partial charge in [0.1, 0.15) is 0 Å². The minimum atomic E-state index is 0.191. The summed E-state index contributed by atoms with van der Waals surface area (Å²) in [5, 5.41) is 3.66. The SMILES string of the molecule is CC12c3ccccc3C(c3ccccc31)[C@H]1CNC[C@@H]12. The summed E-state index contributed by atoms with van der Waals surface area (Å²) in [5.41, 5.74) is 6.51. The Kier molecular flexibility index (Phi) is 1.96. The van der Waals surface area contributed by atoms with Crippen LogP contribution < -0.4 is 5.32 Å². The molecule has 0 spiro atoms. The van der Waals surface area contributed by atoms with Crippen molar-refractivity contribution in [3.05, 3.63) is 70.8 Å². The molecular weight excluding hydrogens is 242 g/mol. The summed E-state index contributed by atoms with van der Waals surface area (Å²) in [4.78, 5) is 0. The van der Waals surface area contributed by atoms with Crippen LogP contribution in [0.4, 0.5) is 0 Å². The molecule has 0 amide bonds. The van der Waals surface area contributed by atoms with Crippen LogP contribution in [0.25, 0.3) is 0 Å². The van der Waals surface area contributed by atoms with Gasteiger partial charge in [0.05, 0.1) is 0 Å². The van der Waals surface area contributed by atoms with Crippen LogP contribution in [0.1, 0.15) is 35.1 Å². The third-order valence-corrected chi connectivity index (χ3v) is 6.14. The second kappa shape index (κ2) is 3.53. The van der Waals surface area contributed by atoms with Gasteiger partial charge in [-0.3, -0.25) is 0 Å². The molecule has 1 saturated heterocycles. The third kappa shape index (κ3) is 1.07. The summed E-state index contributed by atoms with van der Waals surface area (Å²) < 4.78 is 0. The fourth-order valence-corrected chi connectivity index (χ4v) is 5.34. The molecule has 4 aliphatic rings. The van der Waals surface area contributed by atoms with Crippen LogP contribution in [0.3, 0.4) is 0 Å². The third-order valence-electron chi connectivity index (χ3n) is 6.14. The molecule has 100 valence electrons. The maximum Gasteiger partial charge on any atom is 0.0224 e. The maximum atomic E-state index is 3.66. The second-order valence-corrected chi connectivity index (χ2v) is 6.78. The molecule has 2 aromatic carbocycles. The van der Waals surface area contributed by atoms with Crippen molar-refractivity contribution >= 4 is 0 Å². The fraction of sp³-hybridized carbons (Fsp3) is 0.368. The first-order chi connectivity index (χ1) is 9.82. The van der Waals surface area contributed by atoms with Gasteiger partial charge in [-0.15, -0.1) is 0 Å². The van der Waals surface area contributed by atoms with E-state index in [9.17, 15) is 0 Å². The van der Waals surface area contributed by atoms with Gasteiger partial charge in [0.25, 0.3) is 0 Å². The van der Waals surface area contributed by atoms with E-state index >= 15 is 0 Å². The maximum absolute atomic E-state index is 3.66. The van der Waals surface area contributed by atoms with Crippen LogP contribution in [-0.4, -0.2) is 13.1 Å². The fourth-order valence-electron chi connectivity index (χ4n) is 5.34. The first-order valence-electron chi connectivity index (χ1n) is 7.71. The molecule has 1 aliphatic heterocycles. The molecule has 1 fully saturated rings. The van der Waals surface area contributed by atoms with Gasteiger partial charge in [0, 0.05) is 11.3 Å². The summed E-state index contributed by atoms with van der Waals surface area (Å²) in [6.07, 6.45) is 0. The summed E-state index contributed by atoms with van der Waals surface area (Å²) in [7, 11) is 0. The van der Waals surface area contributed by atoms with Crippen molar-refractivity contribution in [2.45, 2.75) is 18.3 Å². The Morgan fingerprint density at radius 2 is 1.50 bits per heavy atom. The van der Waals surface area contributed by atoms with Crippen molar-refractivity contribution in [1.29, 1.82) is 0 Å². The molecular formula is C19H19N. The molecule has 0 aromatic heterocycles. The van der Waals surface area contributed by atoms with Crippen molar-refractivity contribution in [3.8, 4) is 0 Å². The minimum Gasteiger partial charge on any atom is -0.316 e. The quantitative estimate of drug-likeness (QED) is 0.767. The van der Waals surface area contributed by atoms with E-state index in [1.807, 2.05) is 0 Å². The Labute approximate surface area is 120 Å². The van der Waals surface area contributed by atoms with Gasteiger partial charge in [0.15, 0.2) is 0 Å². The van der Waals surface area contributed by atoms with Gasteiger partial charge in [-0.25, -0.2) is 0 Å². The van der Waals surface area contributed by atoms with Gasteiger partial charge >= 0.3 is 0 Å². The predicted molar refractivity (Wildman–Crippen MR) is 81.0 cm³/mol. The zero-order chi connectivity index (χ0) is 13.3. The first kappa shape index (κ1) is 11.1. The highest BCUT2D eigenvalue weighted by atomic mass is 14.9. The first-order valence-corrected chi connectivity index (χ1v) is 7.71. The lowest BCUT2D eigenvalue weighted by Crippen LogP contribution is -2.50. The molecule has 2 aromatic rings. The average Bonchev–Trinajstić information content (AvgIpc) is 2.99. The topological polar surface area (TPSA) is 12.0 Å². The van der Waals surface area contributed by atoms with E-state index in [0.29, 0.717) is 5.92 Å². The van der Waals surface area contributed by atoms with Crippen LogP contribution in [0, 0.1) is 11.8 Å². The molecule has 0 saturated carbocycles. The van der Waals surface area contributed by atoms with Crippen molar-refractivity contribution in [1.82, 2.24) is 5.32 Å². The molecule has 1 nitrogen and oxygen atoms in total. The molecule has 2 atom stereocenters. The van der Waals surface area contributed by atoms with E-state index in [1.165, 1.54) is 13.1 Å². The molecule has 2 bridgehead atoms. The lowest BCUT2D eigenvalue weighted by molar-refractivity contribution is 0.217. The van der Waals surface area contributed by atoms with Crippen LogP contribution in [0.15, 0.2) is 48.5 Å². The van der Waals surface area contributed by atoms with E-state index in [2.05, 4.69) is 60.8 Å². The Morgan fingerprint density at radius 3 is 2.15 bits per heavy atom. The van der Waals surface area contributed by atoms with Crippen molar-refractivity contribution < 1.29 is 0 Å². The van der Waals surface area contributed by atoms with E-state index < -0.39 is 0 Å². The summed E-state index contributed by atoms with van der Waals surface area (Å²) in [6.45, 7) is 4.82. The van der Waals surface area contributed by atoms with E-state index in [4.69, 9.17) is 0 Å². The Morgan fingerprint density at radius 1 is 0.900 bits per heavy atom.